The van der Waals surface area contributed by atoms with Crippen molar-refractivity contribution in [2.45, 2.75) is 19.8 Å². The van der Waals surface area contributed by atoms with Crippen LogP contribution in [0.15, 0.2) is 18.2 Å². The predicted molar refractivity (Wildman–Crippen MR) is 74.0 cm³/mol. The van der Waals surface area contributed by atoms with Gasteiger partial charge < -0.3 is 4.74 Å². The molecule has 1 aromatic carbocycles. The average Bonchev–Trinajstić information content (AvgIpc) is 2.64. The first kappa shape index (κ1) is 14.5. The summed E-state index contributed by atoms with van der Waals surface area (Å²) in [5.41, 5.74) is 0.626. The standard InChI is InChI=1S/C14H14ClNO4/c1-2-3-6-20-12(17)8-16-11-5-4-9(15)7-10(11)13(18)14(16)19/h4-5,7H,2-3,6,8H2,1H3. The fourth-order valence-corrected chi connectivity index (χ4v) is 2.11. The highest BCUT2D eigenvalue weighted by Gasteiger charge is 2.37. The predicted octanol–water partition coefficient (Wildman–Crippen LogP) is 2.21. The van der Waals surface area contributed by atoms with E-state index in [4.69, 9.17) is 16.3 Å². The fraction of sp³-hybridized carbons (Fsp3) is 0.357. The minimum Gasteiger partial charge on any atom is -0.464 e. The maximum Gasteiger partial charge on any atom is 0.326 e. The first-order valence-corrected chi connectivity index (χ1v) is 6.73. The summed E-state index contributed by atoms with van der Waals surface area (Å²) in [6, 6.07) is 4.56. The van der Waals surface area contributed by atoms with Crippen molar-refractivity contribution < 1.29 is 19.1 Å². The van der Waals surface area contributed by atoms with Crippen LogP contribution in [-0.2, 0) is 14.3 Å². The van der Waals surface area contributed by atoms with Crippen LogP contribution < -0.4 is 4.90 Å². The van der Waals surface area contributed by atoms with Crippen LogP contribution in [0.5, 0.6) is 0 Å². The number of hydrogen-bond acceptors (Lipinski definition) is 4. The number of anilines is 1. The molecule has 0 spiro atoms. The van der Waals surface area contributed by atoms with Crippen LogP contribution >= 0.6 is 11.6 Å². The molecule has 0 saturated carbocycles. The van der Waals surface area contributed by atoms with Crippen LogP contribution in [0.2, 0.25) is 5.02 Å². The summed E-state index contributed by atoms with van der Waals surface area (Å²) in [5.74, 6) is -1.90. The van der Waals surface area contributed by atoms with Gasteiger partial charge in [0.05, 0.1) is 17.9 Å². The summed E-state index contributed by atoms with van der Waals surface area (Å²) in [5, 5.41) is 0.372. The number of nitrogens with zero attached hydrogens (tertiary/aromatic N) is 1. The van der Waals surface area contributed by atoms with Gasteiger partial charge in [0.2, 0.25) is 0 Å². The lowest BCUT2D eigenvalue weighted by atomic mass is 10.1. The van der Waals surface area contributed by atoms with Crippen molar-refractivity contribution in [1.29, 1.82) is 0 Å². The Morgan fingerprint density at radius 3 is 2.80 bits per heavy atom. The van der Waals surface area contributed by atoms with Gasteiger partial charge in [0.25, 0.3) is 11.7 Å². The van der Waals surface area contributed by atoms with Crippen molar-refractivity contribution in [3.63, 3.8) is 0 Å². The summed E-state index contributed by atoms with van der Waals surface area (Å²) < 4.78 is 5.00. The Morgan fingerprint density at radius 1 is 1.35 bits per heavy atom. The molecule has 0 bridgehead atoms. The van der Waals surface area contributed by atoms with E-state index in [1.54, 1.807) is 12.1 Å². The molecule has 0 radical (unpaired) electrons. The first-order valence-electron chi connectivity index (χ1n) is 6.36. The zero-order valence-electron chi connectivity index (χ0n) is 11.0. The van der Waals surface area contributed by atoms with E-state index in [0.29, 0.717) is 17.3 Å². The SMILES string of the molecule is CCCCOC(=O)CN1C(=O)C(=O)c2cc(Cl)ccc21. The molecule has 1 heterocycles. The second-order valence-corrected chi connectivity index (χ2v) is 4.89. The molecule has 106 valence electrons. The monoisotopic (exact) mass is 295 g/mol. The number of carbonyl (C=O) groups excluding carboxylic acids is 3. The lowest BCUT2D eigenvalue weighted by Crippen LogP contribution is -2.35. The molecule has 1 aliphatic rings. The molecule has 0 unspecified atom stereocenters. The first-order chi connectivity index (χ1) is 9.54. The number of fused-ring (bicyclic) bond motifs is 1. The molecule has 0 N–H and O–H groups in total. The van der Waals surface area contributed by atoms with Crippen LogP contribution in [0.25, 0.3) is 0 Å². The maximum atomic E-state index is 11.9. The van der Waals surface area contributed by atoms with E-state index in [0.717, 1.165) is 17.7 Å². The highest BCUT2D eigenvalue weighted by molar-refractivity contribution is 6.53. The lowest BCUT2D eigenvalue weighted by molar-refractivity contribution is -0.142. The van der Waals surface area contributed by atoms with Gasteiger partial charge in [0.1, 0.15) is 6.54 Å². The number of carbonyl (C=O) groups is 3. The maximum absolute atomic E-state index is 11.9. The third kappa shape index (κ3) is 2.82. The van der Waals surface area contributed by atoms with Gasteiger partial charge in [-0.05, 0) is 24.6 Å². The molecule has 5 nitrogen and oxygen atoms in total. The zero-order valence-corrected chi connectivity index (χ0v) is 11.8. The van der Waals surface area contributed by atoms with E-state index in [2.05, 4.69) is 0 Å². The topological polar surface area (TPSA) is 63.7 Å². The van der Waals surface area contributed by atoms with Gasteiger partial charge in [0, 0.05) is 5.02 Å². The minimum absolute atomic E-state index is 0.226. The summed E-state index contributed by atoms with van der Waals surface area (Å²) in [6.07, 6.45) is 1.68. The lowest BCUT2D eigenvalue weighted by Gasteiger charge is -2.15. The summed E-state index contributed by atoms with van der Waals surface area (Å²) in [7, 11) is 0. The number of halogens is 1. The Labute approximate surface area is 121 Å². The Hall–Kier alpha value is -1.88. The number of hydrogen-bond donors (Lipinski definition) is 0. The van der Waals surface area contributed by atoms with Crippen LogP contribution in [-0.4, -0.2) is 30.8 Å². The van der Waals surface area contributed by atoms with E-state index in [1.165, 1.54) is 6.07 Å². The van der Waals surface area contributed by atoms with Crippen LogP contribution in [0.3, 0.4) is 0 Å². The Kier molecular flexibility index (Phi) is 4.39. The van der Waals surface area contributed by atoms with E-state index in [1.807, 2.05) is 6.92 Å². The summed E-state index contributed by atoms with van der Waals surface area (Å²) >= 11 is 5.80. The van der Waals surface area contributed by atoms with Gasteiger partial charge in [-0.3, -0.25) is 19.3 Å². The van der Waals surface area contributed by atoms with E-state index >= 15 is 0 Å². The number of ketones is 1. The van der Waals surface area contributed by atoms with Crippen molar-refractivity contribution in [2.75, 3.05) is 18.1 Å². The van der Waals surface area contributed by atoms with Crippen LogP contribution in [0.4, 0.5) is 5.69 Å². The van der Waals surface area contributed by atoms with Crippen LogP contribution in [0, 0.1) is 0 Å². The smallest absolute Gasteiger partial charge is 0.326 e. The number of unbranched alkanes of at least 4 members (excludes halogenated alkanes) is 1. The van der Waals surface area contributed by atoms with Gasteiger partial charge >= 0.3 is 5.97 Å². The van der Waals surface area contributed by atoms with E-state index < -0.39 is 17.7 Å². The van der Waals surface area contributed by atoms with Gasteiger partial charge in [0.15, 0.2) is 0 Å². The number of esters is 1. The molecule has 0 saturated heterocycles. The number of ether oxygens (including phenoxy) is 1. The van der Waals surface area contributed by atoms with E-state index in [-0.39, 0.29) is 12.1 Å². The van der Waals surface area contributed by atoms with Crippen molar-refractivity contribution in [3.8, 4) is 0 Å². The molecule has 6 heteroatoms. The minimum atomic E-state index is -0.727. The molecule has 0 aromatic heterocycles. The quantitative estimate of drug-likeness (QED) is 0.475. The van der Waals surface area contributed by atoms with Gasteiger partial charge in [-0.2, -0.15) is 0 Å². The van der Waals surface area contributed by atoms with Gasteiger partial charge in [-0.25, -0.2) is 0 Å². The average molecular weight is 296 g/mol. The molecular formula is C14H14ClNO4. The summed E-state index contributed by atoms with van der Waals surface area (Å²) in [6.45, 7) is 2.04. The highest BCUT2D eigenvalue weighted by Crippen LogP contribution is 2.30. The Balaban J connectivity index is 2.12. The second kappa shape index (κ2) is 6.05. The molecule has 0 aliphatic carbocycles. The van der Waals surface area contributed by atoms with Crippen LogP contribution in [0.1, 0.15) is 30.1 Å². The molecule has 20 heavy (non-hydrogen) atoms. The molecule has 1 aliphatic heterocycles. The number of rotatable bonds is 5. The third-order valence-corrected chi connectivity index (χ3v) is 3.22. The largest absolute Gasteiger partial charge is 0.464 e. The molecule has 0 atom stereocenters. The van der Waals surface area contributed by atoms with E-state index in [9.17, 15) is 14.4 Å². The molecular weight excluding hydrogens is 282 g/mol. The molecule has 1 aromatic rings. The Bertz CT molecular complexity index is 570. The highest BCUT2D eigenvalue weighted by atomic mass is 35.5. The van der Waals surface area contributed by atoms with Crippen molar-refractivity contribution in [1.82, 2.24) is 0 Å². The third-order valence-electron chi connectivity index (χ3n) is 2.98. The molecule has 2 rings (SSSR count). The summed E-state index contributed by atoms with van der Waals surface area (Å²) in [4.78, 5) is 36.4. The normalized spacial score (nSPS) is 13.6. The van der Waals surface area contributed by atoms with Crippen molar-refractivity contribution in [3.05, 3.63) is 28.8 Å². The van der Waals surface area contributed by atoms with Crippen molar-refractivity contribution in [2.24, 2.45) is 0 Å². The number of Topliss-reactive ketones (excluding diaryl/α,β-unsaturated/α-hetero) is 1. The molecule has 0 fully saturated rings. The Morgan fingerprint density at radius 2 is 2.10 bits per heavy atom. The zero-order chi connectivity index (χ0) is 14.7. The number of amides is 1. The fourth-order valence-electron chi connectivity index (χ4n) is 1.93. The van der Waals surface area contributed by atoms with Gasteiger partial charge in [-0.1, -0.05) is 24.9 Å². The second-order valence-electron chi connectivity index (χ2n) is 4.46. The number of benzene rings is 1. The molecule has 1 amide bonds. The van der Waals surface area contributed by atoms with Crippen molar-refractivity contribution >= 4 is 34.9 Å². The van der Waals surface area contributed by atoms with Gasteiger partial charge in [-0.15, -0.1) is 0 Å².